The first-order chi connectivity index (χ1) is 8.87. The molecule has 0 radical (unpaired) electrons. The number of hydrogen-bond donors (Lipinski definition) is 1. The van der Waals surface area contributed by atoms with Crippen molar-refractivity contribution < 1.29 is 12.8 Å². The summed E-state index contributed by atoms with van der Waals surface area (Å²) in [5.41, 5.74) is 2.38. The average Bonchev–Trinajstić information content (AvgIpc) is 2.26. The molecule has 0 bridgehead atoms. The van der Waals surface area contributed by atoms with Gasteiger partial charge in [-0.15, -0.1) is 0 Å². The van der Waals surface area contributed by atoms with Crippen LogP contribution in [-0.4, -0.2) is 8.42 Å². The van der Waals surface area contributed by atoms with Crippen molar-refractivity contribution in [2.45, 2.75) is 18.7 Å². The third-order valence-electron chi connectivity index (χ3n) is 2.58. The van der Waals surface area contributed by atoms with Crippen molar-refractivity contribution in [2.24, 2.45) is 0 Å². The lowest BCUT2D eigenvalue weighted by atomic mass is 10.1. The number of nitrogens with one attached hydrogen (secondary N) is 1. The van der Waals surface area contributed by atoms with E-state index < -0.39 is 15.8 Å². The zero-order valence-corrected chi connectivity index (χ0v) is 11.5. The second-order valence-electron chi connectivity index (χ2n) is 4.44. The molecule has 0 amide bonds. The summed E-state index contributed by atoms with van der Waals surface area (Å²) in [4.78, 5) is -0.0911. The molecule has 0 saturated carbocycles. The third kappa shape index (κ3) is 3.32. The topological polar surface area (TPSA) is 46.2 Å². The standard InChI is InChI=1S/C14H14FNO2S/c1-10-6-11(2)8-13(7-10)16-19(17,18)14-5-3-4-12(15)9-14/h3-9,16H,1-2H3. The van der Waals surface area contributed by atoms with Gasteiger partial charge in [0.25, 0.3) is 10.0 Å². The highest BCUT2D eigenvalue weighted by Gasteiger charge is 2.14. The summed E-state index contributed by atoms with van der Waals surface area (Å²) in [5, 5.41) is 0. The molecule has 1 N–H and O–H groups in total. The Bertz CT molecular complexity index is 691. The molecule has 5 heteroatoms. The first-order valence-corrected chi connectivity index (χ1v) is 7.22. The molecule has 0 aliphatic rings. The summed E-state index contributed by atoms with van der Waals surface area (Å²) in [6.45, 7) is 3.76. The number of aryl methyl sites for hydroxylation is 2. The van der Waals surface area contributed by atoms with Crippen molar-refractivity contribution in [1.29, 1.82) is 0 Å². The quantitative estimate of drug-likeness (QED) is 0.937. The second kappa shape index (κ2) is 5.01. The smallest absolute Gasteiger partial charge is 0.261 e. The summed E-state index contributed by atoms with van der Waals surface area (Å²) >= 11 is 0. The minimum Gasteiger partial charge on any atom is -0.280 e. The van der Waals surface area contributed by atoms with E-state index in [0.717, 1.165) is 17.2 Å². The van der Waals surface area contributed by atoms with Crippen LogP contribution in [0.5, 0.6) is 0 Å². The van der Waals surface area contributed by atoms with E-state index >= 15 is 0 Å². The highest BCUT2D eigenvalue weighted by atomic mass is 32.2. The molecule has 2 rings (SSSR count). The van der Waals surface area contributed by atoms with Gasteiger partial charge in [0.15, 0.2) is 0 Å². The van der Waals surface area contributed by atoms with Crippen LogP contribution >= 0.6 is 0 Å². The molecular weight excluding hydrogens is 265 g/mol. The van der Waals surface area contributed by atoms with Gasteiger partial charge in [0.2, 0.25) is 0 Å². The Kier molecular flexibility index (Phi) is 3.57. The van der Waals surface area contributed by atoms with Crippen molar-refractivity contribution >= 4 is 15.7 Å². The van der Waals surface area contributed by atoms with Crippen molar-refractivity contribution in [1.82, 2.24) is 0 Å². The molecular formula is C14H14FNO2S. The summed E-state index contributed by atoms with van der Waals surface area (Å²) < 4.78 is 39.7. The Labute approximate surface area is 112 Å². The predicted octanol–water partition coefficient (Wildman–Crippen LogP) is 3.24. The van der Waals surface area contributed by atoms with E-state index in [1.54, 1.807) is 12.1 Å². The Hall–Kier alpha value is -1.88. The second-order valence-corrected chi connectivity index (χ2v) is 6.12. The maximum atomic E-state index is 13.1. The van der Waals surface area contributed by atoms with Gasteiger partial charge in [0, 0.05) is 5.69 Å². The number of hydrogen-bond acceptors (Lipinski definition) is 2. The Balaban J connectivity index is 2.36. The number of benzene rings is 2. The van der Waals surface area contributed by atoms with Gasteiger partial charge in [-0.2, -0.15) is 0 Å². The predicted molar refractivity (Wildman–Crippen MR) is 73.1 cm³/mol. The minimum absolute atomic E-state index is 0.0911. The first-order valence-electron chi connectivity index (χ1n) is 5.73. The maximum absolute atomic E-state index is 13.1. The van der Waals surface area contributed by atoms with Crippen LogP contribution in [0.4, 0.5) is 10.1 Å². The maximum Gasteiger partial charge on any atom is 0.261 e. The molecule has 0 spiro atoms. The molecule has 19 heavy (non-hydrogen) atoms. The van der Waals surface area contributed by atoms with E-state index in [1.807, 2.05) is 19.9 Å². The van der Waals surface area contributed by atoms with Crippen LogP contribution in [0.15, 0.2) is 47.4 Å². The van der Waals surface area contributed by atoms with Crippen molar-refractivity contribution in [3.63, 3.8) is 0 Å². The fourth-order valence-corrected chi connectivity index (χ4v) is 2.95. The number of rotatable bonds is 3. The van der Waals surface area contributed by atoms with Crippen LogP contribution in [0.2, 0.25) is 0 Å². The zero-order valence-electron chi connectivity index (χ0n) is 10.6. The van der Waals surface area contributed by atoms with E-state index in [4.69, 9.17) is 0 Å². The lowest BCUT2D eigenvalue weighted by molar-refractivity contribution is 0.595. The van der Waals surface area contributed by atoms with Crippen LogP contribution in [0.3, 0.4) is 0 Å². The molecule has 3 nitrogen and oxygen atoms in total. The van der Waals surface area contributed by atoms with Crippen LogP contribution in [0.25, 0.3) is 0 Å². The molecule has 0 aliphatic heterocycles. The van der Waals surface area contributed by atoms with E-state index in [2.05, 4.69) is 4.72 Å². The highest BCUT2D eigenvalue weighted by molar-refractivity contribution is 7.92. The highest BCUT2D eigenvalue weighted by Crippen LogP contribution is 2.19. The van der Waals surface area contributed by atoms with Crippen LogP contribution < -0.4 is 4.72 Å². The van der Waals surface area contributed by atoms with E-state index in [1.165, 1.54) is 18.2 Å². The molecule has 0 fully saturated rings. The average molecular weight is 279 g/mol. The molecule has 2 aromatic rings. The Morgan fingerprint density at radius 1 is 1.00 bits per heavy atom. The van der Waals surface area contributed by atoms with Crippen LogP contribution in [-0.2, 0) is 10.0 Å². The number of halogens is 1. The third-order valence-corrected chi connectivity index (χ3v) is 3.96. The first kappa shape index (κ1) is 13.5. The SMILES string of the molecule is Cc1cc(C)cc(NS(=O)(=O)c2cccc(F)c2)c1. The molecule has 100 valence electrons. The van der Waals surface area contributed by atoms with Gasteiger partial charge < -0.3 is 0 Å². The minimum atomic E-state index is -3.76. The number of sulfonamides is 1. The Morgan fingerprint density at radius 3 is 2.21 bits per heavy atom. The Morgan fingerprint density at radius 2 is 1.63 bits per heavy atom. The van der Waals surface area contributed by atoms with Gasteiger partial charge in [-0.05, 0) is 55.3 Å². The van der Waals surface area contributed by atoms with Crippen molar-refractivity contribution in [3.05, 3.63) is 59.4 Å². The zero-order chi connectivity index (χ0) is 14.0. The van der Waals surface area contributed by atoms with Gasteiger partial charge in [0.1, 0.15) is 5.82 Å². The van der Waals surface area contributed by atoms with Gasteiger partial charge >= 0.3 is 0 Å². The molecule has 0 saturated heterocycles. The normalized spacial score (nSPS) is 11.3. The molecule has 0 unspecified atom stereocenters. The van der Waals surface area contributed by atoms with Gasteiger partial charge in [-0.1, -0.05) is 12.1 Å². The summed E-state index contributed by atoms with van der Waals surface area (Å²) in [7, 11) is -3.76. The van der Waals surface area contributed by atoms with E-state index in [0.29, 0.717) is 5.69 Å². The van der Waals surface area contributed by atoms with E-state index in [9.17, 15) is 12.8 Å². The molecule has 2 aromatic carbocycles. The van der Waals surface area contributed by atoms with Gasteiger partial charge in [-0.25, -0.2) is 12.8 Å². The lowest BCUT2D eigenvalue weighted by Gasteiger charge is -2.09. The summed E-state index contributed by atoms with van der Waals surface area (Å²) in [6.07, 6.45) is 0. The van der Waals surface area contributed by atoms with E-state index in [-0.39, 0.29) is 4.90 Å². The molecule has 0 heterocycles. The van der Waals surface area contributed by atoms with Gasteiger partial charge in [-0.3, -0.25) is 4.72 Å². The van der Waals surface area contributed by atoms with Crippen molar-refractivity contribution in [2.75, 3.05) is 4.72 Å². The van der Waals surface area contributed by atoms with Gasteiger partial charge in [0.05, 0.1) is 4.90 Å². The van der Waals surface area contributed by atoms with Crippen LogP contribution in [0, 0.1) is 19.7 Å². The largest absolute Gasteiger partial charge is 0.280 e. The summed E-state index contributed by atoms with van der Waals surface area (Å²) in [5.74, 6) is -0.580. The van der Waals surface area contributed by atoms with Crippen LogP contribution in [0.1, 0.15) is 11.1 Å². The molecule has 0 aliphatic carbocycles. The molecule has 0 aromatic heterocycles. The lowest BCUT2D eigenvalue weighted by Crippen LogP contribution is -2.13. The monoisotopic (exact) mass is 279 g/mol. The number of anilines is 1. The fourth-order valence-electron chi connectivity index (χ4n) is 1.88. The molecule has 0 atom stereocenters. The fraction of sp³-hybridized carbons (Fsp3) is 0.143. The summed E-state index contributed by atoms with van der Waals surface area (Å²) in [6, 6.07) is 10.3. The van der Waals surface area contributed by atoms with Crippen molar-refractivity contribution in [3.8, 4) is 0 Å².